The minimum Gasteiger partial charge on any atom is -0.497 e. The number of nitrogens with one attached hydrogen (secondary N) is 1. The van der Waals surface area contributed by atoms with Crippen LogP contribution in [0, 0.1) is 0 Å². The number of aromatic nitrogens is 6. The second-order valence-corrected chi connectivity index (χ2v) is 29.2. The van der Waals surface area contributed by atoms with E-state index >= 15 is 0 Å². The number of rotatable bonds is 14. The van der Waals surface area contributed by atoms with E-state index in [-0.39, 0.29) is 40.8 Å². The van der Waals surface area contributed by atoms with Crippen LogP contribution in [-0.2, 0) is 57.6 Å². The molecule has 0 amide bonds. The second-order valence-electron chi connectivity index (χ2n) is 21.5. The number of halogens is 5. The maximum absolute atomic E-state index is 12.4. The molecule has 0 radical (unpaired) electrons. The Morgan fingerprint density at radius 2 is 1.15 bits per heavy atom. The summed E-state index contributed by atoms with van der Waals surface area (Å²) in [6.45, 7) is 18.5. The number of methoxy groups -OCH3 is 2. The van der Waals surface area contributed by atoms with Gasteiger partial charge in [-0.3, -0.25) is 0 Å². The van der Waals surface area contributed by atoms with Gasteiger partial charge in [-0.2, -0.15) is 13.7 Å². The van der Waals surface area contributed by atoms with Gasteiger partial charge in [0.2, 0.25) is 5.28 Å². The Bertz CT molecular complexity index is 3380. The molecular weight excluding hydrogens is 1230 g/mol. The third kappa shape index (κ3) is 22.7. The van der Waals surface area contributed by atoms with Gasteiger partial charge in [-0.25, -0.2) is 33.3 Å². The van der Waals surface area contributed by atoms with Crippen LogP contribution in [0.15, 0.2) is 93.7 Å². The van der Waals surface area contributed by atoms with Crippen molar-refractivity contribution in [1.82, 2.24) is 29.9 Å². The topological polar surface area (TPSA) is 210 Å². The molecule has 1 N–H and O–H groups in total. The molecule has 9 rings (SSSR count). The lowest BCUT2D eigenvalue weighted by Gasteiger charge is -2.34. The molecule has 2 aromatic carbocycles. The van der Waals surface area contributed by atoms with Crippen LogP contribution in [-0.4, -0.2) is 152 Å². The normalized spacial score (nSPS) is 17.2. The molecule has 0 aliphatic carbocycles. The molecule has 0 saturated carbocycles. The minimum absolute atomic E-state index is 0. The molecular formula is C58H79BCl5N11O8S2. The van der Waals surface area contributed by atoms with E-state index in [9.17, 15) is 8.42 Å². The summed E-state index contributed by atoms with van der Waals surface area (Å²) in [6.07, 6.45) is 7.94. The maximum atomic E-state index is 12.4. The predicted octanol–water partition coefficient (Wildman–Crippen LogP) is 12.4. The smallest absolute Gasteiger partial charge is 0.495 e. The van der Waals surface area contributed by atoms with Crippen LogP contribution in [0.3, 0.4) is 0 Å². The highest BCUT2D eigenvalue weighted by atomic mass is 35.5. The summed E-state index contributed by atoms with van der Waals surface area (Å²) in [5, 5.41) is 4.18. The summed E-state index contributed by atoms with van der Waals surface area (Å²) < 4.78 is 66.2. The number of hydrogen-bond acceptors (Lipinski definition) is 19. The number of benzene rings is 2. The van der Waals surface area contributed by atoms with E-state index in [0.717, 1.165) is 47.6 Å². The maximum Gasteiger partial charge on any atom is 0.495 e. The zero-order valence-electron chi connectivity index (χ0n) is 49.7. The quantitative estimate of drug-likeness (QED) is 0.0465. The average molecular weight is 1310 g/mol. The first-order chi connectivity index (χ1) is 39.5. The Kier molecular flexibility index (Phi) is 26.6. The SMILES string of the molecule is C.CC(Cl)Cl.COc1ccc(CCc2cc(B3OC(C)(C)C(C)(C)O3)cc(Cl)n2)cc1.COc1ccc(CNc2cc(-c3nc(N=S(C)(C)=O)cc(N4CCOC[C@H]4C)n3)cc(Cl)n2)cc1.C[C@@H]1COCCN1c1cc(N=S(C)(C)=O)nc(Cl)n1. The first-order valence-electron chi connectivity index (χ1n) is 26.9. The van der Waals surface area contributed by atoms with Crippen LogP contribution in [0.4, 0.5) is 29.1 Å². The lowest BCUT2D eigenvalue weighted by molar-refractivity contribution is 0.00578. The van der Waals surface area contributed by atoms with Gasteiger partial charge < -0.3 is 43.4 Å². The monoisotopic (exact) mass is 1310 g/mol. The van der Waals surface area contributed by atoms with E-state index < -0.39 is 26.6 Å². The van der Waals surface area contributed by atoms with Gasteiger partial charge in [0.15, 0.2) is 17.5 Å². The van der Waals surface area contributed by atoms with Crippen molar-refractivity contribution in [3.8, 4) is 22.9 Å². The van der Waals surface area contributed by atoms with Crippen LogP contribution >= 0.6 is 58.0 Å². The van der Waals surface area contributed by atoms with Crippen molar-refractivity contribution in [1.29, 1.82) is 0 Å². The van der Waals surface area contributed by atoms with Crippen molar-refractivity contribution < 1.29 is 36.7 Å². The molecule has 3 aliphatic heterocycles. The van der Waals surface area contributed by atoms with Crippen LogP contribution in [0.5, 0.6) is 11.5 Å². The lowest BCUT2D eigenvalue weighted by atomic mass is 9.79. The molecule has 7 heterocycles. The Labute approximate surface area is 528 Å². The fraction of sp³-hybridized carbons (Fsp3) is 0.483. The standard InChI is InChI=1S/C24H29ClN6O3S.C20H25BClNO3.C11H17ClN4O2S.C2H4Cl2.CH4/c1-16-15-34-10-9-31(16)23-13-22(30-35(3,4)32)28-24(29-23)18-11-20(25)27-21(12-18)26-14-17-5-7-19(33-2)8-6-17;1-19(2)20(3,4)26-21(25-19)15-12-16(23-18(22)13-15)9-6-14-7-10-17(24-5)11-8-14;1-8-7-18-5-4-16(8)10-6-9(13-11(12)14-10)15-19(2,3)17;1-2(3)4;/h5-8,11-13,16H,9-10,14-15H2,1-4H3,(H,26,27);7-8,10-13H,6,9H2,1-5H3;6,8H,4-5,7H2,1-3H3;2H,1H3;1H4/t16-;;8-;;/m1.1../s1. The molecule has 2 atom stereocenters. The minimum atomic E-state index is -2.42. The van der Waals surface area contributed by atoms with Crippen LogP contribution in [0.25, 0.3) is 11.4 Å². The number of anilines is 3. The van der Waals surface area contributed by atoms with Crippen molar-refractivity contribution in [2.75, 3.05) is 93.9 Å². The van der Waals surface area contributed by atoms with Crippen molar-refractivity contribution in [3.05, 3.63) is 117 Å². The molecule has 0 unspecified atom stereocenters. The number of alkyl halides is 2. The molecule has 3 fully saturated rings. The van der Waals surface area contributed by atoms with Crippen LogP contribution in [0.2, 0.25) is 15.6 Å². The number of pyridine rings is 2. The molecule has 3 aliphatic rings. The van der Waals surface area contributed by atoms with Crippen molar-refractivity contribution in [2.45, 2.75) is 103 Å². The van der Waals surface area contributed by atoms with Crippen molar-refractivity contribution in [3.63, 3.8) is 0 Å². The van der Waals surface area contributed by atoms with Gasteiger partial charge in [0.1, 0.15) is 44.1 Å². The molecule has 6 aromatic rings. The fourth-order valence-electron chi connectivity index (χ4n) is 8.45. The first kappa shape index (κ1) is 70.9. The van der Waals surface area contributed by atoms with Gasteiger partial charge in [0, 0.05) is 87.5 Å². The van der Waals surface area contributed by atoms with Crippen LogP contribution < -0.4 is 30.1 Å². The van der Waals surface area contributed by atoms with Crippen molar-refractivity contribution in [2.24, 2.45) is 8.73 Å². The van der Waals surface area contributed by atoms with Crippen molar-refractivity contribution >= 4 is 119 Å². The second kappa shape index (κ2) is 31.9. The van der Waals surface area contributed by atoms with E-state index in [4.69, 9.17) is 91.2 Å². The van der Waals surface area contributed by atoms with Gasteiger partial charge in [-0.05, 0) is 138 Å². The number of nitrogens with zero attached hydrogens (tertiary/aromatic N) is 10. The molecule has 19 nitrogen and oxygen atoms in total. The zero-order valence-corrected chi connectivity index (χ0v) is 55.1. The number of morpholine rings is 2. The summed E-state index contributed by atoms with van der Waals surface area (Å²) in [6, 6.07) is 27.1. The van der Waals surface area contributed by atoms with Gasteiger partial charge >= 0.3 is 7.12 Å². The molecule has 27 heteroatoms. The third-order valence-electron chi connectivity index (χ3n) is 13.2. The Hall–Kier alpha value is -4.85. The number of aryl methyl sites for hydroxylation is 2. The predicted molar refractivity (Wildman–Crippen MR) is 350 cm³/mol. The van der Waals surface area contributed by atoms with E-state index in [0.29, 0.717) is 90.3 Å². The highest BCUT2D eigenvalue weighted by molar-refractivity contribution is 7.92. The largest absolute Gasteiger partial charge is 0.497 e. The Morgan fingerprint density at radius 1 is 0.671 bits per heavy atom. The first-order valence-corrected chi connectivity index (χ1v) is 33.6. The van der Waals surface area contributed by atoms with Gasteiger partial charge in [0.05, 0.1) is 63.9 Å². The zero-order chi connectivity index (χ0) is 61.6. The number of ether oxygens (including phenoxy) is 4. The summed E-state index contributed by atoms with van der Waals surface area (Å²) in [7, 11) is -1.81. The molecule has 85 heavy (non-hydrogen) atoms. The molecule has 0 spiro atoms. The van der Waals surface area contributed by atoms with E-state index in [1.54, 1.807) is 64.4 Å². The highest BCUT2D eigenvalue weighted by Gasteiger charge is 2.52. The van der Waals surface area contributed by atoms with Crippen LogP contribution in [0.1, 0.15) is 72.7 Å². The number of hydrogen-bond donors (Lipinski definition) is 1. The molecule has 0 bridgehead atoms. The molecule has 464 valence electrons. The van der Waals surface area contributed by atoms with E-state index in [1.165, 1.54) is 5.56 Å². The van der Waals surface area contributed by atoms with Gasteiger partial charge in [-0.1, -0.05) is 54.9 Å². The molecule has 3 saturated heterocycles. The van der Waals surface area contributed by atoms with Gasteiger partial charge in [-0.15, -0.1) is 23.2 Å². The Balaban J connectivity index is 0.000000234. The summed E-state index contributed by atoms with van der Waals surface area (Å²) in [4.78, 5) is 30.4. The molecule has 4 aromatic heterocycles. The average Bonchev–Trinajstić information content (AvgIpc) is 2.20. The van der Waals surface area contributed by atoms with Gasteiger partial charge in [0.25, 0.3) is 0 Å². The lowest BCUT2D eigenvalue weighted by Crippen LogP contribution is -2.44. The Morgan fingerprint density at radius 3 is 1.65 bits per heavy atom. The summed E-state index contributed by atoms with van der Waals surface area (Å²) in [5.41, 5.74) is 4.06. The fourth-order valence-corrected chi connectivity index (χ4v) is 10.2. The van der Waals surface area contributed by atoms with E-state index in [2.05, 4.69) is 74.7 Å². The van der Waals surface area contributed by atoms with E-state index in [1.807, 2.05) is 82.3 Å². The summed E-state index contributed by atoms with van der Waals surface area (Å²) >= 11 is 28.6. The third-order valence-corrected chi connectivity index (χ3v) is 15.0. The highest BCUT2D eigenvalue weighted by Crippen LogP contribution is 2.37. The summed E-state index contributed by atoms with van der Waals surface area (Å²) in [5.74, 6) is 4.78.